The maximum atomic E-state index is 12.8. The Morgan fingerprint density at radius 3 is 2.29 bits per heavy atom. The molecule has 4 rings (SSSR count). The standard InChI is InChI=1S/C23H26N4O/c1-26(2)23(19-9-4-3-5-10-19)14-12-22(13-15-23)17-27(21(28)25-22)20-11-7-6-8-18(20)16-24/h3-11H,12-15,17H2,1-2H3,(H,25,28)/t22-,23+. The fourth-order valence-corrected chi connectivity index (χ4v) is 4.87. The number of nitriles is 1. The lowest BCUT2D eigenvalue weighted by Crippen LogP contribution is -2.54. The predicted molar refractivity (Wildman–Crippen MR) is 110 cm³/mol. The van der Waals surface area contributed by atoms with Crippen molar-refractivity contribution in [3.63, 3.8) is 0 Å². The van der Waals surface area contributed by atoms with Gasteiger partial charge in [-0.2, -0.15) is 5.26 Å². The molecule has 2 aliphatic rings. The van der Waals surface area contributed by atoms with Crippen LogP contribution in [-0.2, 0) is 5.54 Å². The van der Waals surface area contributed by atoms with Crippen LogP contribution in [0, 0.1) is 11.3 Å². The van der Waals surface area contributed by atoms with Crippen LogP contribution in [0.3, 0.4) is 0 Å². The third-order valence-electron chi connectivity index (χ3n) is 6.59. The number of anilines is 1. The van der Waals surface area contributed by atoms with Gasteiger partial charge in [-0.1, -0.05) is 42.5 Å². The highest BCUT2D eigenvalue weighted by atomic mass is 16.2. The number of carbonyl (C=O) groups is 1. The summed E-state index contributed by atoms with van der Waals surface area (Å²) in [4.78, 5) is 16.8. The van der Waals surface area contributed by atoms with Gasteiger partial charge in [-0.15, -0.1) is 0 Å². The van der Waals surface area contributed by atoms with Crippen LogP contribution >= 0.6 is 0 Å². The third-order valence-corrected chi connectivity index (χ3v) is 6.59. The van der Waals surface area contributed by atoms with Crippen molar-refractivity contribution >= 4 is 11.7 Å². The summed E-state index contributed by atoms with van der Waals surface area (Å²) in [6.07, 6.45) is 3.80. The molecule has 5 heteroatoms. The molecule has 1 spiro atoms. The minimum absolute atomic E-state index is 0.00474. The molecule has 2 amide bonds. The Hall–Kier alpha value is -2.84. The van der Waals surface area contributed by atoms with E-state index in [-0.39, 0.29) is 17.1 Å². The van der Waals surface area contributed by atoms with E-state index in [1.165, 1.54) is 5.56 Å². The fourth-order valence-electron chi connectivity index (χ4n) is 4.87. The molecule has 1 aliphatic heterocycles. The third kappa shape index (κ3) is 2.94. The number of hydrogen-bond acceptors (Lipinski definition) is 3. The Balaban J connectivity index is 1.58. The number of nitrogens with zero attached hydrogens (tertiary/aromatic N) is 3. The van der Waals surface area contributed by atoms with Crippen LogP contribution in [0.1, 0.15) is 36.8 Å². The molecular formula is C23H26N4O. The summed E-state index contributed by atoms with van der Waals surface area (Å²) in [6.45, 7) is 0.614. The van der Waals surface area contributed by atoms with Gasteiger partial charge in [0.05, 0.1) is 23.3 Å². The van der Waals surface area contributed by atoms with Gasteiger partial charge in [-0.25, -0.2) is 4.79 Å². The second-order valence-corrected chi connectivity index (χ2v) is 8.22. The van der Waals surface area contributed by atoms with Crippen molar-refractivity contribution in [1.29, 1.82) is 5.26 Å². The van der Waals surface area contributed by atoms with E-state index in [9.17, 15) is 10.1 Å². The second kappa shape index (κ2) is 6.96. The maximum Gasteiger partial charge on any atom is 0.322 e. The van der Waals surface area contributed by atoms with E-state index in [0.29, 0.717) is 17.8 Å². The summed E-state index contributed by atoms with van der Waals surface area (Å²) >= 11 is 0. The monoisotopic (exact) mass is 374 g/mol. The van der Waals surface area contributed by atoms with E-state index in [1.807, 2.05) is 18.2 Å². The molecule has 1 saturated heterocycles. The molecule has 0 atom stereocenters. The Morgan fingerprint density at radius 1 is 1.00 bits per heavy atom. The van der Waals surface area contributed by atoms with Gasteiger partial charge >= 0.3 is 6.03 Å². The molecule has 0 bridgehead atoms. The molecule has 2 fully saturated rings. The highest BCUT2D eigenvalue weighted by molar-refractivity contribution is 5.96. The van der Waals surface area contributed by atoms with E-state index in [4.69, 9.17) is 0 Å². The normalized spacial score (nSPS) is 27.1. The van der Waals surface area contributed by atoms with Crippen LogP contribution in [0.2, 0.25) is 0 Å². The molecular weight excluding hydrogens is 348 g/mol. The zero-order valence-electron chi connectivity index (χ0n) is 16.5. The molecule has 5 nitrogen and oxygen atoms in total. The number of para-hydroxylation sites is 1. The largest absolute Gasteiger partial charge is 0.330 e. The zero-order valence-corrected chi connectivity index (χ0v) is 16.5. The Morgan fingerprint density at radius 2 is 1.64 bits per heavy atom. The summed E-state index contributed by atoms with van der Waals surface area (Å²) in [7, 11) is 4.29. The van der Waals surface area contributed by atoms with Crippen molar-refractivity contribution in [3.8, 4) is 6.07 Å². The highest BCUT2D eigenvalue weighted by Crippen LogP contribution is 2.46. The topological polar surface area (TPSA) is 59.4 Å². The van der Waals surface area contributed by atoms with E-state index < -0.39 is 0 Å². The van der Waals surface area contributed by atoms with Gasteiger partial charge in [0.25, 0.3) is 0 Å². The minimum Gasteiger partial charge on any atom is -0.330 e. The van der Waals surface area contributed by atoms with E-state index in [1.54, 1.807) is 11.0 Å². The van der Waals surface area contributed by atoms with Crippen molar-refractivity contribution < 1.29 is 4.79 Å². The molecule has 144 valence electrons. The molecule has 0 radical (unpaired) electrons. The molecule has 0 aromatic heterocycles. The first-order chi connectivity index (χ1) is 13.5. The van der Waals surface area contributed by atoms with Gasteiger partial charge in [0.2, 0.25) is 0 Å². The van der Waals surface area contributed by atoms with Crippen LogP contribution in [0.5, 0.6) is 0 Å². The fraction of sp³-hybridized carbons (Fsp3) is 0.391. The molecule has 1 heterocycles. The quantitative estimate of drug-likeness (QED) is 0.887. The van der Waals surface area contributed by atoms with Crippen LogP contribution < -0.4 is 10.2 Å². The molecule has 0 unspecified atom stereocenters. The van der Waals surface area contributed by atoms with Crippen molar-refractivity contribution in [2.75, 3.05) is 25.5 Å². The van der Waals surface area contributed by atoms with Crippen LogP contribution in [0.25, 0.3) is 0 Å². The first-order valence-electron chi connectivity index (χ1n) is 9.82. The molecule has 28 heavy (non-hydrogen) atoms. The lowest BCUT2D eigenvalue weighted by molar-refractivity contribution is 0.0658. The van der Waals surface area contributed by atoms with Crippen molar-refractivity contribution in [1.82, 2.24) is 10.2 Å². The zero-order chi connectivity index (χ0) is 19.8. The van der Waals surface area contributed by atoms with Gasteiger partial charge in [0, 0.05) is 5.54 Å². The van der Waals surface area contributed by atoms with Gasteiger partial charge in [-0.05, 0) is 57.5 Å². The average Bonchev–Trinajstić information content (AvgIpc) is 3.05. The van der Waals surface area contributed by atoms with Crippen molar-refractivity contribution in [2.24, 2.45) is 0 Å². The number of hydrogen-bond donors (Lipinski definition) is 1. The van der Waals surface area contributed by atoms with Crippen LogP contribution in [-0.4, -0.2) is 37.1 Å². The summed E-state index contributed by atoms with van der Waals surface area (Å²) in [5.74, 6) is 0. The second-order valence-electron chi connectivity index (χ2n) is 8.22. The first-order valence-corrected chi connectivity index (χ1v) is 9.82. The van der Waals surface area contributed by atoms with E-state index in [2.05, 4.69) is 60.7 Å². The molecule has 1 N–H and O–H groups in total. The Bertz CT molecular complexity index is 908. The first kappa shape index (κ1) is 18.5. The van der Waals surface area contributed by atoms with Gasteiger partial charge in [0.15, 0.2) is 0 Å². The average molecular weight is 374 g/mol. The predicted octanol–water partition coefficient (Wildman–Crippen LogP) is 3.86. The van der Waals surface area contributed by atoms with Crippen LogP contribution in [0.15, 0.2) is 54.6 Å². The highest BCUT2D eigenvalue weighted by Gasteiger charge is 2.50. The number of urea groups is 1. The van der Waals surface area contributed by atoms with Crippen molar-refractivity contribution in [2.45, 2.75) is 36.8 Å². The molecule has 1 saturated carbocycles. The van der Waals surface area contributed by atoms with Crippen LogP contribution in [0.4, 0.5) is 10.5 Å². The lowest BCUT2D eigenvalue weighted by Gasteiger charge is -2.48. The Kier molecular flexibility index (Phi) is 4.60. The van der Waals surface area contributed by atoms with Crippen molar-refractivity contribution in [3.05, 3.63) is 65.7 Å². The minimum atomic E-state index is -0.228. The number of benzene rings is 2. The Labute approximate surface area is 166 Å². The number of amides is 2. The number of rotatable bonds is 3. The number of carbonyl (C=O) groups excluding carboxylic acids is 1. The SMILES string of the molecule is CN(C)[C@]1(c2ccccc2)CC[C@]2(CC1)CN(c1ccccc1C#N)C(=O)N2. The van der Waals surface area contributed by atoms with Gasteiger partial charge in [-0.3, -0.25) is 9.80 Å². The molecule has 2 aromatic rings. The molecule has 1 aliphatic carbocycles. The number of nitrogens with one attached hydrogen (secondary N) is 1. The summed E-state index contributed by atoms with van der Waals surface area (Å²) < 4.78 is 0. The summed E-state index contributed by atoms with van der Waals surface area (Å²) in [6, 6.07) is 20.1. The summed E-state index contributed by atoms with van der Waals surface area (Å²) in [5.41, 5.74) is 2.35. The summed E-state index contributed by atoms with van der Waals surface area (Å²) in [5, 5.41) is 12.7. The van der Waals surface area contributed by atoms with Gasteiger partial charge in [0.1, 0.15) is 6.07 Å². The van der Waals surface area contributed by atoms with E-state index >= 15 is 0 Å². The van der Waals surface area contributed by atoms with E-state index in [0.717, 1.165) is 25.7 Å². The van der Waals surface area contributed by atoms with Gasteiger partial charge < -0.3 is 5.32 Å². The smallest absolute Gasteiger partial charge is 0.322 e. The lowest BCUT2D eigenvalue weighted by atomic mass is 9.69. The maximum absolute atomic E-state index is 12.8. The molecule has 2 aromatic carbocycles.